The van der Waals surface area contributed by atoms with E-state index in [0.29, 0.717) is 0 Å². The lowest BCUT2D eigenvalue weighted by atomic mass is 10.1. The summed E-state index contributed by atoms with van der Waals surface area (Å²) >= 11 is 0. The number of nitrogens with zero attached hydrogens (tertiary/aromatic N) is 4. The number of benzene rings is 1. The number of aryl methyl sites for hydroxylation is 1. The van der Waals surface area contributed by atoms with Crippen molar-refractivity contribution in [2.75, 3.05) is 67.1 Å². The number of guanidine groups is 1. The molecule has 1 aliphatic rings. The number of hydrogen-bond acceptors (Lipinski definition) is 4. The van der Waals surface area contributed by atoms with Gasteiger partial charge in [-0.3, -0.25) is 9.69 Å². The number of carbonyl (C=O) groups is 1. The smallest absolute Gasteiger partial charge is 0.243 e. The van der Waals surface area contributed by atoms with E-state index in [4.69, 9.17) is 4.74 Å². The van der Waals surface area contributed by atoms with Crippen molar-refractivity contribution in [3.63, 3.8) is 0 Å². The van der Waals surface area contributed by atoms with Gasteiger partial charge in [-0.2, -0.15) is 0 Å². The van der Waals surface area contributed by atoms with Gasteiger partial charge in [-0.25, -0.2) is 4.99 Å². The Morgan fingerprint density at radius 2 is 1.86 bits per heavy atom. The van der Waals surface area contributed by atoms with Crippen LogP contribution in [0, 0.1) is 6.92 Å². The quantitative estimate of drug-likeness (QED) is 0.411. The first-order valence-electron chi connectivity index (χ1n) is 10.0. The molecule has 1 fully saturated rings. The molecule has 0 spiro atoms. The van der Waals surface area contributed by atoms with Gasteiger partial charge in [0.05, 0.1) is 13.2 Å². The Morgan fingerprint density at radius 3 is 2.50 bits per heavy atom. The second-order valence-electron chi connectivity index (χ2n) is 7.50. The molecule has 1 N–H and O–H groups in total. The summed E-state index contributed by atoms with van der Waals surface area (Å²) in [5.41, 5.74) is 2.47. The predicted octanol–water partition coefficient (Wildman–Crippen LogP) is 1.18. The molecule has 156 valence electrons. The third kappa shape index (κ3) is 7.86. The fraction of sp³-hybridized carbons (Fsp3) is 0.619. The van der Waals surface area contributed by atoms with E-state index in [0.717, 1.165) is 58.3 Å². The van der Waals surface area contributed by atoms with Crippen molar-refractivity contribution in [2.45, 2.75) is 19.9 Å². The molecule has 0 unspecified atom stereocenters. The van der Waals surface area contributed by atoms with Crippen LogP contribution in [-0.4, -0.2) is 93.6 Å². The van der Waals surface area contributed by atoms with Crippen LogP contribution in [0.3, 0.4) is 0 Å². The number of hydrogen-bond donors (Lipinski definition) is 1. The average molecular weight is 390 g/mol. The van der Waals surface area contributed by atoms with Gasteiger partial charge in [-0.15, -0.1) is 0 Å². The molecule has 1 aromatic carbocycles. The number of likely N-dealkylation sites (N-methyl/N-ethyl adjacent to an activating group) is 1. The Labute approximate surface area is 169 Å². The molecule has 0 aromatic heterocycles. The van der Waals surface area contributed by atoms with Gasteiger partial charge in [0, 0.05) is 47.3 Å². The first kappa shape index (κ1) is 22.2. The number of carbonyl (C=O) groups excluding carboxylic acids is 1. The van der Waals surface area contributed by atoms with E-state index in [2.05, 4.69) is 51.3 Å². The Kier molecular flexibility index (Phi) is 9.23. The second kappa shape index (κ2) is 11.7. The normalized spacial score (nSPS) is 15.4. The van der Waals surface area contributed by atoms with Crippen LogP contribution in [-0.2, 0) is 16.1 Å². The maximum absolute atomic E-state index is 12.0. The van der Waals surface area contributed by atoms with Crippen LogP contribution >= 0.6 is 0 Å². The number of ether oxygens (including phenoxy) is 1. The summed E-state index contributed by atoms with van der Waals surface area (Å²) in [6.07, 6.45) is 1.03. The van der Waals surface area contributed by atoms with Crippen molar-refractivity contribution >= 4 is 11.9 Å². The lowest BCUT2D eigenvalue weighted by molar-refractivity contribution is -0.127. The fourth-order valence-electron chi connectivity index (χ4n) is 2.97. The van der Waals surface area contributed by atoms with Gasteiger partial charge in [0.15, 0.2) is 5.96 Å². The zero-order valence-corrected chi connectivity index (χ0v) is 17.8. The SMILES string of the molecule is Cc1ccc(CN(C)C(=NCC(=O)N(C)C)NCCCN2CCOCC2)cc1. The van der Waals surface area contributed by atoms with Crippen LogP contribution in [0.15, 0.2) is 29.3 Å². The first-order chi connectivity index (χ1) is 13.5. The van der Waals surface area contributed by atoms with Crippen LogP contribution in [0.1, 0.15) is 17.5 Å². The van der Waals surface area contributed by atoms with Gasteiger partial charge in [0.1, 0.15) is 6.54 Å². The third-order valence-corrected chi connectivity index (χ3v) is 4.80. The Balaban J connectivity index is 1.90. The standard InChI is InChI=1S/C21H35N5O2/c1-18-6-8-19(9-7-18)17-25(4)21(23-16-20(27)24(2)3)22-10-5-11-26-12-14-28-15-13-26/h6-9H,5,10-17H2,1-4H3,(H,22,23). The molecule has 1 saturated heterocycles. The van der Waals surface area contributed by atoms with E-state index >= 15 is 0 Å². The van der Waals surface area contributed by atoms with Crippen molar-refractivity contribution in [3.8, 4) is 0 Å². The van der Waals surface area contributed by atoms with Gasteiger partial charge in [-0.1, -0.05) is 29.8 Å². The number of morpholine rings is 1. The molecule has 7 heteroatoms. The lowest BCUT2D eigenvalue weighted by Crippen LogP contribution is -2.42. The topological polar surface area (TPSA) is 60.4 Å². The maximum Gasteiger partial charge on any atom is 0.243 e. The van der Waals surface area contributed by atoms with Gasteiger partial charge >= 0.3 is 0 Å². The molecule has 1 aliphatic heterocycles. The van der Waals surface area contributed by atoms with Crippen LogP contribution in [0.5, 0.6) is 0 Å². The summed E-state index contributed by atoms with van der Waals surface area (Å²) in [7, 11) is 5.51. The summed E-state index contributed by atoms with van der Waals surface area (Å²) in [6.45, 7) is 8.51. The van der Waals surface area contributed by atoms with E-state index < -0.39 is 0 Å². The van der Waals surface area contributed by atoms with Gasteiger partial charge in [0.25, 0.3) is 0 Å². The molecule has 28 heavy (non-hydrogen) atoms. The Bertz CT molecular complexity index is 624. The van der Waals surface area contributed by atoms with Crippen molar-refractivity contribution in [1.29, 1.82) is 0 Å². The molecule has 2 rings (SSSR count). The molecule has 0 bridgehead atoms. The maximum atomic E-state index is 12.0. The minimum absolute atomic E-state index is 0.00338. The van der Waals surface area contributed by atoms with Crippen molar-refractivity contribution in [2.24, 2.45) is 4.99 Å². The molecule has 1 heterocycles. The van der Waals surface area contributed by atoms with E-state index in [-0.39, 0.29) is 12.5 Å². The van der Waals surface area contributed by atoms with Gasteiger partial charge in [-0.05, 0) is 25.5 Å². The highest BCUT2D eigenvalue weighted by molar-refractivity contribution is 5.84. The predicted molar refractivity (Wildman–Crippen MR) is 114 cm³/mol. The third-order valence-electron chi connectivity index (χ3n) is 4.80. The monoisotopic (exact) mass is 389 g/mol. The second-order valence-corrected chi connectivity index (χ2v) is 7.50. The lowest BCUT2D eigenvalue weighted by Gasteiger charge is -2.27. The molecular weight excluding hydrogens is 354 g/mol. The van der Waals surface area contributed by atoms with Crippen molar-refractivity contribution in [1.82, 2.24) is 20.0 Å². The number of amides is 1. The molecule has 0 saturated carbocycles. The van der Waals surface area contributed by atoms with Crippen LogP contribution in [0.25, 0.3) is 0 Å². The molecule has 7 nitrogen and oxygen atoms in total. The highest BCUT2D eigenvalue weighted by Gasteiger charge is 2.12. The van der Waals surface area contributed by atoms with Crippen LogP contribution in [0.2, 0.25) is 0 Å². The minimum atomic E-state index is -0.00338. The van der Waals surface area contributed by atoms with Crippen LogP contribution in [0.4, 0.5) is 0 Å². The molecule has 0 aliphatic carbocycles. The van der Waals surface area contributed by atoms with E-state index in [1.807, 2.05) is 7.05 Å². The summed E-state index contributed by atoms with van der Waals surface area (Å²) in [5.74, 6) is 0.758. The summed E-state index contributed by atoms with van der Waals surface area (Å²) in [5, 5.41) is 3.43. The first-order valence-corrected chi connectivity index (χ1v) is 10.0. The summed E-state index contributed by atoms with van der Waals surface area (Å²) in [6, 6.07) is 8.50. The van der Waals surface area contributed by atoms with Crippen molar-refractivity contribution in [3.05, 3.63) is 35.4 Å². The average Bonchev–Trinajstić information content (AvgIpc) is 2.69. The fourth-order valence-corrected chi connectivity index (χ4v) is 2.97. The molecular formula is C21H35N5O2. The Hall–Kier alpha value is -2.12. The highest BCUT2D eigenvalue weighted by atomic mass is 16.5. The van der Waals surface area contributed by atoms with Gasteiger partial charge < -0.3 is 19.9 Å². The molecule has 1 amide bonds. The summed E-state index contributed by atoms with van der Waals surface area (Å²) in [4.78, 5) is 22.6. The van der Waals surface area contributed by atoms with E-state index in [1.54, 1.807) is 19.0 Å². The van der Waals surface area contributed by atoms with Crippen LogP contribution < -0.4 is 5.32 Å². The Morgan fingerprint density at radius 1 is 1.18 bits per heavy atom. The molecule has 0 atom stereocenters. The number of nitrogens with one attached hydrogen (secondary N) is 1. The largest absolute Gasteiger partial charge is 0.379 e. The number of aliphatic imine (C=N–C) groups is 1. The molecule has 1 aromatic rings. The van der Waals surface area contributed by atoms with Crippen molar-refractivity contribution < 1.29 is 9.53 Å². The number of rotatable bonds is 8. The molecule has 0 radical (unpaired) electrons. The van der Waals surface area contributed by atoms with E-state index in [9.17, 15) is 4.79 Å². The summed E-state index contributed by atoms with van der Waals surface area (Å²) < 4.78 is 5.39. The zero-order chi connectivity index (χ0) is 20.4. The minimum Gasteiger partial charge on any atom is -0.379 e. The highest BCUT2D eigenvalue weighted by Crippen LogP contribution is 2.06. The van der Waals surface area contributed by atoms with Gasteiger partial charge in [0.2, 0.25) is 5.91 Å². The van der Waals surface area contributed by atoms with E-state index in [1.165, 1.54) is 11.1 Å². The zero-order valence-electron chi connectivity index (χ0n) is 17.8.